The number of benzene rings is 2. The molecule has 1 saturated carbocycles. The van der Waals surface area contributed by atoms with Gasteiger partial charge in [-0.05, 0) is 81.3 Å². The first kappa shape index (κ1) is 27.2. The van der Waals surface area contributed by atoms with Gasteiger partial charge in [-0.25, -0.2) is 9.18 Å². The molecule has 5 rings (SSSR count). The highest BCUT2D eigenvalue weighted by molar-refractivity contribution is 6.35. The number of piperidine rings is 1. The summed E-state index contributed by atoms with van der Waals surface area (Å²) in [6, 6.07) is 7.22. The van der Waals surface area contributed by atoms with Crippen LogP contribution in [0.4, 0.5) is 4.39 Å². The summed E-state index contributed by atoms with van der Waals surface area (Å²) in [5.41, 5.74) is 1.60. The molecular weight excluding hydrogens is 534 g/mol. The average Bonchev–Trinajstić information content (AvgIpc) is 3.66. The van der Waals surface area contributed by atoms with Gasteiger partial charge in [-0.15, -0.1) is 0 Å². The summed E-state index contributed by atoms with van der Waals surface area (Å²) in [5.74, 6) is -1.57. The van der Waals surface area contributed by atoms with Crippen molar-refractivity contribution in [2.24, 2.45) is 5.92 Å². The Labute approximate surface area is 231 Å². The van der Waals surface area contributed by atoms with Crippen LogP contribution in [0.25, 0.3) is 0 Å². The van der Waals surface area contributed by atoms with Crippen LogP contribution < -0.4 is 4.74 Å². The van der Waals surface area contributed by atoms with Crippen molar-refractivity contribution in [2.75, 3.05) is 26.4 Å². The highest BCUT2D eigenvalue weighted by Gasteiger charge is 2.42. The third-order valence-corrected chi connectivity index (χ3v) is 8.45. The van der Waals surface area contributed by atoms with Crippen molar-refractivity contribution in [3.05, 3.63) is 62.9 Å². The number of carboxylic acids is 1. The number of hydrogen-bond acceptors (Lipinski definition) is 5. The van der Waals surface area contributed by atoms with E-state index < -0.39 is 29.8 Å². The van der Waals surface area contributed by atoms with E-state index in [1.54, 1.807) is 13.0 Å². The minimum Gasteiger partial charge on any atom is -0.493 e. The molecule has 0 spiro atoms. The quantitative estimate of drug-likeness (QED) is 0.451. The molecule has 1 N–H and O–H groups in total. The predicted octanol–water partition coefficient (Wildman–Crippen LogP) is 5.57. The topological polar surface area (TPSA) is 79.3 Å². The van der Waals surface area contributed by atoms with Crippen LogP contribution in [0.15, 0.2) is 30.3 Å². The number of amides is 1. The predicted molar refractivity (Wildman–Crippen MR) is 141 cm³/mol. The second-order valence-corrected chi connectivity index (χ2v) is 11.2. The third-order valence-electron chi connectivity index (χ3n) is 7.74. The fourth-order valence-corrected chi connectivity index (χ4v) is 5.81. The van der Waals surface area contributed by atoms with Gasteiger partial charge in [0.05, 0.1) is 18.3 Å². The van der Waals surface area contributed by atoms with Gasteiger partial charge in [0.25, 0.3) is 5.91 Å². The van der Waals surface area contributed by atoms with Crippen LogP contribution in [0, 0.1) is 11.7 Å². The summed E-state index contributed by atoms with van der Waals surface area (Å²) in [6.07, 6.45) is 3.09. The first-order valence-corrected chi connectivity index (χ1v) is 13.8. The Morgan fingerprint density at radius 3 is 2.45 bits per heavy atom. The zero-order valence-electron chi connectivity index (χ0n) is 21.2. The minimum atomic E-state index is -1.17. The van der Waals surface area contributed by atoms with Crippen LogP contribution in [-0.4, -0.2) is 65.4 Å². The normalized spacial score (nSPS) is 22.6. The molecule has 0 aromatic heterocycles. The van der Waals surface area contributed by atoms with Gasteiger partial charge in [0.15, 0.2) is 6.04 Å². The van der Waals surface area contributed by atoms with Crippen LogP contribution in [0.3, 0.4) is 0 Å². The molecule has 1 amide bonds. The molecule has 204 valence electrons. The molecule has 2 aromatic rings. The van der Waals surface area contributed by atoms with E-state index in [2.05, 4.69) is 4.90 Å². The zero-order valence-corrected chi connectivity index (χ0v) is 22.7. The van der Waals surface area contributed by atoms with Crippen molar-refractivity contribution in [2.45, 2.75) is 57.2 Å². The fourth-order valence-electron chi connectivity index (χ4n) is 5.30. The average molecular weight is 565 g/mol. The Bertz CT molecular complexity index is 1200. The molecule has 2 atom stereocenters. The van der Waals surface area contributed by atoms with Gasteiger partial charge in [0.1, 0.15) is 18.3 Å². The first-order chi connectivity index (χ1) is 18.2. The monoisotopic (exact) mass is 564 g/mol. The Morgan fingerprint density at radius 1 is 1.13 bits per heavy atom. The molecule has 3 aliphatic rings. The lowest BCUT2D eigenvalue weighted by Crippen LogP contribution is -2.44. The molecule has 38 heavy (non-hydrogen) atoms. The fraction of sp³-hybridized carbons (Fsp3) is 0.500. The second kappa shape index (κ2) is 11.4. The van der Waals surface area contributed by atoms with Crippen molar-refractivity contribution in [3.8, 4) is 5.75 Å². The molecule has 2 aromatic carbocycles. The Kier molecular flexibility index (Phi) is 8.14. The summed E-state index contributed by atoms with van der Waals surface area (Å²) in [7, 11) is 0. The van der Waals surface area contributed by atoms with Crippen molar-refractivity contribution in [1.82, 2.24) is 9.80 Å². The molecule has 0 unspecified atom stereocenters. The van der Waals surface area contributed by atoms with Crippen LogP contribution in [0.1, 0.15) is 60.0 Å². The van der Waals surface area contributed by atoms with E-state index in [0.717, 1.165) is 54.8 Å². The number of carbonyl (C=O) groups is 2. The maximum Gasteiger partial charge on any atom is 0.329 e. The molecular formula is C28H31Cl2FN2O5. The summed E-state index contributed by atoms with van der Waals surface area (Å²) in [4.78, 5) is 28.2. The maximum absolute atomic E-state index is 15.2. The number of aliphatic carboxylic acids is 1. The van der Waals surface area contributed by atoms with Crippen LogP contribution in [0.2, 0.25) is 10.0 Å². The lowest BCUT2D eigenvalue weighted by atomic mass is 9.97. The van der Waals surface area contributed by atoms with Gasteiger partial charge in [0.2, 0.25) is 0 Å². The lowest BCUT2D eigenvalue weighted by Gasteiger charge is -2.32. The maximum atomic E-state index is 15.2. The highest BCUT2D eigenvalue weighted by atomic mass is 35.5. The van der Waals surface area contributed by atoms with E-state index in [1.165, 1.54) is 6.07 Å². The first-order valence-electron chi connectivity index (χ1n) is 13.0. The number of halogens is 3. The van der Waals surface area contributed by atoms with E-state index in [4.69, 9.17) is 32.7 Å². The summed E-state index contributed by atoms with van der Waals surface area (Å²) in [5, 5.41) is 10.9. The molecule has 2 aliphatic heterocycles. The van der Waals surface area contributed by atoms with Crippen molar-refractivity contribution in [3.63, 3.8) is 0 Å². The molecule has 7 nitrogen and oxygen atoms in total. The number of nitrogens with zero attached hydrogens (tertiary/aromatic N) is 2. The zero-order chi connectivity index (χ0) is 27.0. The van der Waals surface area contributed by atoms with Crippen molar-refractivity contribution < 1.29 is 28.6 Å². The van der Waals surface area contributed by atoms with E-state index >= 15 is 4.39 Å². The smallest absolute Gasteiger partial charge is 0.329 e. The van der Waals surface area contributed by atoms with Gasteiger partial charge >= 0.3 is 5.97 Å². The van der Waals surface area contributed by atoms with Gasteiger partial charge in [0, 0.05) is 28.2 Å². The minimum absolute atomic E-state index is 0.144. The molecule has 1 aliphatic carbocycles. The van der Waals surface area contributed by atoms with Crippen LogP contribution in [-0.2, 0) is 16.1 Å². The van der Waals surface area contributed by atoms with Crippen LogP contribution >= 0.6 is 23.2 Å². The van der Waals surface area contributed by atoms with E-state index in [0.29, 0.717) is 34.9 Å². The molecule has 10 heteroatoms. The number of likely N-dealkylation sites (tertiary alicyclic amines) is 1. The SMILES string of the molecule is C[C@H]1OCN(C(=O)c2cc(C3CC3)c(OCC3CCN(Cc4c(Cl)cccc4Cl)CC3)cc2F)[C@@H]1C(=O)O. The van der Waals surface area contributed by atoms with E-state index in [1.807, 2.05) is 18.2 Å². The summed E-state index contributed by atoms with van der Waals surface area (Å²) >= 11 is 12.7. The number of carbonyl (C=O) groups excluding carboxylic acids is 1. The number of ether oxygens (including phenoxy) is 2. The number of carboxylic acid groups (broad SMARTS) is 1. The molecule has 0 radical (unpaired) electrons. The van der Waals surface area contributed by atoms with Crippen molar-refractivity contribution in [1.29, 1.82) is 0 Å². The number of rotatable bonds is 8. The highest BCUT2D eigenvalue weighted by Crippen LogP contribution is 2.45. The molecule has 0 bridgehead atoms. The molecule has 2 heterocycles. The summed E-state index contributed by atoms with van der Waals surface area (Å²) in [6.45, 7) is 4.33. The van der Waals surface area contributed by atoms with Crippen molar-refractivity contribution >= 4 is 35.1 Å². The largest absolute Gasteiger partial charge is 0.493 e. The third kappa shape index (κ3) is 5.78. The molecule has 2 saturated heterocycles. The van der Waals surface area contributed by atoms with Crippen LogP contribution in [0.5, 0.6) is 5.75 Å². The lowest BCUT2D eigenvalue weighted by molar-refractivity contribution is -0.142. The van der Waals surface area contributed by atoms with E-state index in [-0.39, 0.29) is 18.2 Å². The van der Waals surface area contributed by atoms with Gasteiger partial charge in [-0.1, -0.05) is 29.3 Å². The molecule has 3 fully saturated rings. The standard InChI is InChI=1S/C28H31Cl2FN2O5/c1-16-26(28(35)36)33(15-38-16)27(34)20-11-19(18-5-6-18)25(12-24(20)31)37-14-17-7-9-32(10-8-17)13-21-22(29)3-2-4-23(21)30/h2-4,11-12,16-18,26H,5-10,13-15H2,1H3,(H,35,36)/t16-,26+/m1/s1. The van der Waals surface area contributed by atoms with Gasteiger partial charge < -0.3 is 14.6 Å². The second-order valence-electron chi connectivity index (χ2n) is 10.4. The summed E-state index contributed by atoms with van der Waals surface area (Å²) < 4.78 is 26.7. The Morgan fingerprint density at radius 2 is 1.82 bits per heavy atom. The Hall–Kier alpha value is -2.39. The Balaban J connectivity index is 1.22. The van der Waals surface area contributed by atoms with Gasteiger partial charge in [-0.2, -0.15) is 0 Å². The van der Waals surface area contributed by atoms with E-state index in [9.17, 15) is 14.7 Å². The number of hydrogen-bond donors (Lipinski definition) is 1. The van der Waals surface area contributed by atoms with Gasteiger partial charge in [-0.3, -0.25) is 14.6 Å².